The number of imidazole rings is 1. The molecule has 0 fully saturated rings. The monoisotopic (exact) mass is 302 g/mol. The van der Waals surface area contributed by atoms with Crippen molar-refractivity contribution in [2.45, 2.75) is 6.92 Å². The Morgan fingerprint density at radius 2 is 2.00 bits per heavy atom. The van der Waals surface area contributed by atoms with Crippen LogP contribution in [0.3, 0.4) is 0 Å². The third-order valence-corrected chi connectivity index (χ3v) is 3.78. The Morgan fingerprint density at radius 3 is 2.87 bits per heavy atom. The highest BCUT2D eigenvalue weighted by Gasteiger charge is 2.05. The van der Waals surface area contributed by atoms with E-state index in [1.807, 2.05) is 49.4 Å². The van der Waals surface area contributed by atoms with Gasteiger partial charge >= 0.3 is 0 Å². The number of hydrogen-bond acceptors (Lipinski definition) is 3. The van der Waals surface area contributed by atoms with Crippen molar-refractivity contribution >= 4 is 34.2 Å². The number of nitrogens with one attached hydrogen (secondary N) is 1. The minimum absolute atomic E-state index is 0.0395. The summed E-state index contributed by atoms with van der Waals surface area (Å²) < 4.78 is 5.54. The highest BCUT2D eigenvalue weighted by molar-refractivity contribution is 5.82. The number of para-hydroxylation sites is 2. The molecule has 0 spiro atoms. The first-order chi connectivity index (χ1) is 11.2. The van der Waals surface area contributed by atoms with Crippen molar-refractivity contribution in [2.75, 3.05) is 0 Å². The van der Waals surface area contributed by atoms with E-state index in [0.717, 1.165) is 16.6 Å². The van der Waals surface area contributed by atoms with Crippen molar-refractivity contribution in [1.29, 1.82) is 0 Å². The van der Waals surface area contributed by atoms with Gasteiger partial charge < -0.3 is 9.40 Å². The lowest BCUT2D eigenvalue weighted by Gasteiger charge is -1.99. The fourth-order valence-corrected chi connectivity index (χ4v) is 2.60. The molecule has 2 heterocycles. The molecule has 0 amide bonds. The van der Waals surface area contributed by atoms with Gasteiger partial charge in [0.15, 0.2) is 5.43 Å². The number of aromatic amines is 1. The van der Waals surface area contributed by atoms with Gasteiger partial charge in [0.2, 0.25) is 0 Å². The highest BCUT2D eigenvalue weighted by Crippen LogP contribution is 2.15. The van der Waals surface area contributed by atoms with Crippen LogP contribution in [0.25, 0.3) is 34.2 Å². The van der Waals surface area contributed by atoms with Crippen LogP contribution in [0.4, 0.5) is 0 Å². The number of nitrogens with zero attached hydrogens (tertiary/aromatic N) is 1. The van der Waals surface area contributed by atoms with Gasteiger partial charge in [-0.05, 0) is 43.3 Å². The number of aromatic nitrogens is 2. The molecule has 2 aromatic carbocycles. The molecule has 0 aliphatic carbocycles. The summed E-state index contributed by atoms with van der Waals surface area (Å²) in [4.78, 5) is 20.2. The maximum atomic E-state index is 12.5. The Morgan fingerprint density at radius 1 is 1.13 bits per heavy atom. The van der Waals surface area contributed by atoms with E-state index < -0.39 is 0 Å². The van der Waals surface area contributed by atoms with E-state index in [4.69, 9.17) is 4.42 Å². The summed E-state index contributed by atoms with van der Waals surface area (Å²) in [5.41, 5.74) is 3.96. The Kier molecular flexibility index (Phi) is 3.08. The van der Waals surface area contributed by atoms with E-state index in [1.165, 1.54) is 6.26 Å². The molecule has 0 saturated heterocycles. The number of H-pyrrole nitrogens is 1. The molecule has 0 unspecified atom stereocenters. The Balaban J connectivity index is 1.77. The second-order valence-electron chi connectivity index (χ2n) is 5.49. The van der Waals surface area contributed by atoms with Gasteiger partial charge in [-0.3, -0.25) is 4.79 Å². The van der Waals surface area contributed by atoms with Crippen LogP contribution in [0.2, 0.25) is 0 Å². The number of fused-ring (bicyclic) bond motifs is 2. The zero-order valence-corrected chi connectivity index (χ0v) is 12.5. The van der Waals surface area contributed by atoms with E-state index in [1.54, 1.807) is 12.2 Å². The van der Waals surface area contributed by atoms with Gasteiger partial charge in [-0.2, -0.15) is 0 Å². The average Bonchev–Trinajstić information content (AvgIpc) is 2.97. The molecule has 4 nitrogen and oxygen atoms in total. The molecule has 0 aliphatic heterocycles. The summed E-state index contributed by atoms with van der Waals surface area (Å²) in [6, 6.07) is 13.4. The van der Waals surface area contributed by atoms with Crippen LogP contribution in [-0.2, 0) is 0 Å². The molecule has 4 aromatic rings. The third-order valence-electron chi connectivity index (χ3n) is 3.78. The first kappa shape index (κ1) is 13.5. The summed E-state index contributed by atoms with van der Waals surface area (Å²) in [5, 5.41) is 0.594. The molecular weight excluding hydrogens is 288 g/mol. The lowest BCUT2D eigenvalue weighted by atomic mass is 10.1. The number of aryl methyl sites for hydroxylation is 1. The largest absolute Gasteiger partial charge is 0.463 e. The molecule has 4 rings (SSSR count). The molecule has 0 saturated carbocycles. The van der Waals surface area contributed by atoms with Gasteiger partial charge in [0.25, 0.3) is 0 Å². The predicted octanol–water partition coefficient (Wildman–Crippen LogP) is 4.15. The quantitative estimate of drug-likeness (QED) is 0.605. The van der Waals surface area contributed by atoms with Gasteiger partial charge in [-0.15, -0.1) is 0 Å². The van der Waals surface area contributed by atoms with Crippen LogP contribution in [0.1, 0.15) is 17.0 Å². The van der Waals surface area contributed by atoms with Gasteiger partial charge in [-0.1, -0.05) is 23.8 Å². The van der Waals surface area contributed by atoms with Gasteiger partial charge in [0.1, 0.15) is 17.7 Å². The smallest absolute Gasteiger partial charge is 0.199 e. The summed E-state index contributed by atoms with van der Waals surface area (Å²) >= 11 is 0. The lowest BCUT2D eigenvalue weighted by Crippen LogP contribution is -2.04. The van der Waals surface area contributed by atoms with E-state index in [-0.39, 0.29) is 5.43 Å². The van der Waals surface area contributed by atoms with Gasteiger partial charge in [-0.25, -0.2) is 4.98 Å². The fraction of sp³-hybridized carbons (Fsp3) is 0.0526. The van der Waals surface area contributed by atoms with Crippen LogP contribution < -0.4 is 5.43 Å². The zero-order valence-electron chi connectivity index (χ0n) is 12.5. The molecule has 0 bridgehead atoms. The van der Waals surface area contributed by atoms with E-state index in [2.05, 4.69) is 9.97 Å². The highest BCUT2D eigenvalue weighted by atomic mass is 16.3. The van der Waals surface area contributed by atoms with Crippen molar-refractivity contribution in [1.82, 2.24) is 9.97 Å². The van der Waals surface area contributed by atoms with Crippen LogP contribution in [0, 0.1) is 6.92 Å². The van der Waals surface area contributed by atoms with Crippen molar-refractivity contribution < 1.29 is 4.42 Å². The predicted molar refractivity (Wildman–Crippen MR) is 92.2 cm³/mol. The molecule has 1 N–H and O–H groups in total. The molecule has 0 atom stereocenters. The first-order valence-electron chi connectivity index (χ1n) is 7.36. The SMILES string of the molecule is Cc1ccc2occ(C=Cc3nc4ccccc4[nH]3)c(=O)c2c1. The summed E-state index contributed by atoms with van der Waals surface area (Å²) in [6.45, 7) is 1.95. The lowest BCUT2D eigenvalue weighted by molar-refractivity contribution is 0.601. The molecule has 0 radical (unpaired) electrons. The van der Waals surface area contributed by atoms with Gasteiger partial charge in [0, 0.05) is 0 Å². The Labute approximate surface area is 132 Å². The minimum atomic E-state index is -0.0395. The molecule has 23 heavy (non-hydrogen) atoms. The fourth-order valence-electron chi connectivity index (χ4n) is 2.60. The Hall–Kier alpha value is -3.14. The third kappa shape index (κ3) is 2.44. The van der Waals surface area contributed by atoms with Crippen LogP contribution in [0.15, 0.2) is 57.9 Å². The standard InChI is InChI=1S/C19H14N2O2/c1-12-6-8-17-14(10-12)19(22)13(11-23-17)7-9-18-20-15-4-2-3-5-16(15)21-18/h2-11H,1H3,(H,20,21). The van der Waals surface area contributed by atoms with Gasteiger partial charge in [0.05, 0.1) is 22.0 Å². The maximum Gasteiger partial charge on any atom is 0.199 e. The second kappa shape index (κ2) is 5.25. The summed E-state index contributed by atoms with van der Waals surface area (Å²) in [7, 11) is 0. The zero-order chi connectivity index (χ0) is 15.8. The first-order valence-corrected chi connectivity index (χ1v) is 7.36. The second-order valence-corrected chi connectivity index (χ2v) is 5.49. The number of rotatable bonds is 2. The molecule has 0 aliphatic rings. The Bertz CT molecular complexity index is 1070. The summed E-state index contributed by atoms with van der Waals surface area (Å²) in [6.07, 6.45) is 5.00. The summed E-state index contributed by atoms with van der Waals surface area (Å²) in [5.74, 6) is 0.704. The van der Waals surface area contributed by atoms with Crippen molar-refractivity contribution in [3.63, 3.8) is 0 Å². The molecular formula is C19H14N2O2. The van der Waals surface area contributed by atoms with Crippen LogP contribution >= 0.6 is 0 Å². The number of benzene rings is 2. The average molecular weight is 302 g/mol. The normalized spacial score (nSPS) is 11.7. The van der Waals surface area contributed by atoms with E-state index in [9.17, 15) is 4.79 Å². The van der Waals surface area contributed by atoms with Crippen molar-refractivity contribution in [2.24, 2.45) is 0 Å². The van der Waals surface area contributed by atoms with Crippen molar-refractivity contribution in [3.05, 3.63) is 75.9 Å². The number of hydrogen-bond donors (Lipinski definition) is 1. The molecule has 4 heteroatoms. The molecule has 2 aromatic heterocycles. The van der Waals surface area contributed by atoms with Crippen LogP contribution in [-0.4, -0.2) is 9.97 Å². The van der Waals surface area contributed by atoms with Crippen LogP contribution in [0.5, 0.6) is 0 Å². The van der Waals surface area contributed by atoms with E-state index >= 15 is 0 Å². The minimum Gasteiger partial charge on any atom is -0.463 e. The topological polar surface area (TPSA) is 58.9 Å². The molecule has 112 valence electrons. The van der Waals surface area contributed by atoms with Crippen molar-refractivity contribution in [3.8, 4) is 0 Å². The maximum absolute atomic E-state index is 12.5. The van der Waals surface area contributed by atoms with E-state index in [0.29, 0.717) is 22.4 Å².